The Kier molecular flexibility index (Phi) is 4.56. The van der Waals surface area contributed by atoms with Crippen molar-refractivity contribution in [2.24, 2.45) is 0 Å². The lowest BCUT2D eigenvalue weighted by atomic mass is 10.1. The molecule has 0 saturated carbocycles. The largest absolute Gasteiger partial charge is 0.496 e. The molecular weight excluding hydrogens is 229 g/mol. The lowest BCUT2D eigenvalue weighted by molar-refractivity contribution is 0.194. The van der Waals surface area contributed by atoms with Gasteiger partial charge in [0.25, 0.3) is 0 Å². The summed E-state index contributed by atoms with van der Waals surface area (Å²) in [4.78, 5) is 10.3. The summed E-state index contributed by atoms with van der Waals surface area (Å²) in [6.45, 7) is 0.223. The zero-order chi connectivity index (χ0) is 12.8. The number of ether oxygens (including phenoxy) is 2. The molecule has 0 saturated heterocycles. The van der Waals surface area contributed by atoms with E-state index in [0.29, 0.717) is 17.7 Å². The predicted octanol–water partition coefficient (Wildman–Crippen LogP) is 1.65. The lowest BCUT2D eigenvalue weighted by Crippen LogP contribution is -2.23. The zero-order valence-corrected chi connectivity index (χ0v) is 9.62. The first kappa shape index (κ1) is 13.1. The maximum atomic E-state index is 13.4. The molecular formula is C11H14FNO4. The number of rotatable bonds is 5. The Morgan fingerprint density at radius 2 is 2.00 bits per heavy atom. The van der Waals surface area contributed by atoms with Gasteiger partial charge in [0, 0.05) is 12.6 Å². The quantitative estimate of drug-likeness (QED) is 0.825. The number of amides is 1. The van der Waals surface area contributed by atoms with Crippen LogP contribution in [0, 0.1) is 5.82 Å². The molecule has 5 nitrogen and oxygen atoms in total. The van der Waals surface area contributed by atoms with E-state index < -0.39 is 11.9 Å². The molecule has 94 valence electrons. The predicted molar refractivity (Wildman–Crippen MR) is 59.2 cm³/mol. The molecule has 1 aromatic carbocycles. The van der Waals surface area contributed by atoms with Gasteiger partial charge < -0.3 is 19.9 Å². The summed E-state index contributed by atoms with van der Waals surface area (Å²) in [6, 6.07) is 2.71. The van der Waals surface area contributed by atoms with Crippen LogP contribution in [0.1, 0.15) is 5.56 Å². The van der Waals surface area contributed by atoms with Gasteiger partial charge in [-0.05, 0) is 18.1 Å². The third-order valence-electron chi connectivity index (χ3n) is 2.23. The molecule has 0 heterocycles. The zero-order valence-electron chi connectivity index (χ0n) is 9.62. The molecule has 0 aliphatic rings. The third-order valence-corrected chi connectivity index (χ3v) is 2.23. The van der Waals surface area contributed by atoms with Gasteiger partial charge in [-0.3, -0.25) is 0 Å². The van der Waals surface area contributed by atoms with E-state index in [9.17, 15) is 9.18 Å². The van der Waals surface area contributed by atoms with Gasteiger partial charge in [0.2, 0.25) is 0 Å². The van der Waals surface area contributed by atoms with Crippen LogP contribution in [-0.2, 0) is 6.42 Å². The SMILES string of the molecule is COc1cc(CCNC(=O)O)c(OC)cc1F. The van der Waals surface area contributed by atoms with E-state index in [4.69, 9.17) is 14.6 Å². The first-order valence-corrected chi connectivity index (χ1v) is 4.95. The first-order valence-electron chi connectivity index (χ1n) is 4.95. The summed E-state index contributed by atoms with van der Waals surface area (Å²) in [6.07, 6.45) is -0.704. The van der Waals surface area contributed by atoms with Crippen molar-refractivity contribution >= 4 is 6.09 Å². The molecule has 0 radical (unpaired) electrons. The number of carbonyl (C=O) groups is 1. The molecule has 6 heteroatoms. The number of nitrogens with one attached hydrogen (secondary N) is 1. The smallest absolute Gasteiger partial charge is 0.404 e. The highest BCUT2D eigenvalue weighted by atomic mass is 19.1. The summed E-state index contributed by atoms with van der Waals surface area (Å²) < 4.78 is 23.2. The Morgan fingerprint density at radius 3 is 2.53 bits per heavy atom. The summed E-state index contributed by atoms with van der Waals surface area (Å²) in [5.74, 6) is -0.0362. The highest BCUT2D eigenvalue weighted by Gasteiger charge is 2.11. The molecule has 0 bridgehead atoms. The van der Waals surface area contributed by atoms with Gasteiger partial charge in [-0.15, -0.1) is 0 Å². The summed E-state index contributed by atoms with van der Waals surface area (Å²) in [5, 5.41) is 10.7. The van der Waals surface area contributed by atoms with Gasteiger partial charge in [0.1, 0.15) is 5.75 Å². The summed E-state index contributed by atoms with van der Waals surface area (Å²) >= 11 is 0. The Labute approximate surface area is 98.2 Å². The normalized spacial score (nSPS) is 9.82. The van der Waals surface area contributed by atoms with Crippen molar-refractivity contribution in [2.45, 2.75) is 6.42 Å². The summed E-state index contributed by atoms with van der Waals surface area (Å²) in [7, 11) is 2.79. The molecule has 0 atom stereocenters. The van der Waals surface area contributed by atoms with Crippen LogP contribution in [0.3, 0.4) is 0 Å². The molecule has 1 aromatic rings. The Balaban J connectivity index is 2.84. The maximum absolute atomic E-state index is 13.4. The molecule has 1 rings (SSSR count). The van der Waals surface area contributed by atoms with Crippen molar-refractivity contribution in [3.05, 3.63) is 23.5 Å². The second-order valence-electron chi connectivity index (χ2n) is 3.28. The minimum atomic E-state index is -1.10. The van der Waals surface area contributed by atoms with Gasteiger partial charge in [-0.2, -0.15) is 0 Å². The van der Waals surface area contributed by atoms with E-state index in [-0.39, 0.29) is 12.3 Å². The molecule has 0 aliphatic carbocycles. The number of carboxylic acid groups (broad SMARTS) is 1. The molecule has 0 unspecified atom stereocenters. The van der Waals surface area contributed by atoms with Crippen LogP contribution in [0.4, 0.5) is 9.18 Å². The standard InChI is InChI=1S/C11H14FNO4/c1-16-9-6-8(12)10(17-2)5-7(9)3-4-13-11(14)15/h5-6,13H,3-4H2,1-2H3,(H,14,15). The second-order valence-corrected chi connectivity index (χ2v) is 3.28. The van der Waals surface area contributed by atoms with E-state index in [2.05, 4.69) is 5.32 Å². The molecule has 1 amide bonds. The molecule has 17 heavy (non-hydrogen) atoms. The third kappa shape index (κ3) is 3.51. The minimum absolute atomic E-state index is 0.108. The number of methoxy groups -OCH3 is 2. The fourth-order valence-corrected chi connectivity index (χ4v) is 1.42. The van der Waals surface area contributed by atoms with Crippen LogP contribution in [0.2, 0.25) is 0 Å². The molecule has 0 fully saturated rings. The van der Waals surface area contributed by atoms with Crippen molar-refractivity contribution in [3.63, 3.8) is 0 Å². The van der Waals surface area contributed by atoms with Crippen LogP contribution in [-0.4, -0.2) is 32.0 Å². The van der Waals surface area contributed by atoms with E-state index in [0.717, 1.165) is 0 Å². The maximum Gasteiger partial charge on any atom is 0.404 e. The van der Waals surface area contributed by atoms with E-state index in [1.165, 1.54) is 26.4 Å². The first-order chi connectivity index (χ1) is 8.08. The van der Waals surface area contributed by atoms with Gasteiger partial charge in [0.15, 0.2) is 11.6 Å². The highest BCUT2D eigenvalue weighted by molar-refractivity contribution is 5.64. The fourth-order valence-electron chi connectivity index (χ4n) is 1.42. The van der Waals surface area contributed by atoms with Crippen molar-refractivity contribution in [3.8, 4) is 11.5 Å². The highest BCUT2D eigenvalue weighted by Crippen LogP contribution is 2.27. The van der Waals surface area contributed by atoms with E-state index >= 15 is 0 Å². The summed E-state index contributed by atoms with van der Waals surface area (Å²) in [5.41, 5.74) is 0.680. The van der Waals surface area contributed by atoms with Crippen LogP contribution in [0.5, 0.6) is 11.5 Å². The molecule has 0 aromatic heterocycles. The van der Waals surface area contributed by atoms with Gasteiger partial charge in [0.05, 0.1) is 14.2 Å². The Bertz CT molecular complexity index is 409. The molecule has 0 spiro atoms. The number of hydrogen-bond acceptors (Lipinski definition) is 3. The number of hydrogen-bond donors (Lipinski definition) is 2. The monoisotopic (exact) mass is 243 g/mol. The van der Waals surface area contributed by atoms with Crippen molar-refractivity contribution < 1.29 is 23.8 Å². The van der Waals surface area contributed by atoms with Gasteiger partial charge in [-0.25, -0.2) is 9.18 Å². The van der Waals surface area contributed by atoms with Crippen LogP contribution in [0.15, 0.2) is 12.1 Å². The van der Waals surface area contributed by atoms with E-state index in [1.807, 2.05) is 0 Å². The topological polar surface area (TPSA) is 67.8 Å². The Hall–Kier alpha value is -1.98. The van der Waals surface area contributed by atoms with Gasteiger partial charge >= 0.3 is 6.09 Å². The molecule has 0 aliphatic heterocycles. The lowest BCUT2D eigenvalue weighted by Gasteiger charge is -2.11. The Morgan fingerprint density at radius 1 is 1.35 bits per heavy atom. The van der Waals surface area contributed by atoms with Crippen molar-refractivity contribution in [1.82, 2.24) is 5.32 Å². The fraction of sp³-hybridized carbons (Fsp3) is 0.364. The number of benzene rings is 1. The van der Waals surface area contributed by atoms with Gasteiger partial charge in [-0.1, -0.05) is 0 Å². The average Bonchev–Trinajstić information content (AvgIpc) is 2.30. The van der Waals surface area contributed by atoms with Crippen molar-refractivity contribution in [1.29, 1.82) is 0 Å². The van der Waals surface area contributed by atoms with Crippen molar-refractivity contribution in [2.75, 3.05) is 20.8 Å². The number of halogens is 1. The molecule has 2 N–H and O–H groups in total. The minimum Gasteiger partial charge on any atom is -0.496 e. The second kappa shape index (κ2) is 5.93. The van der Waals surface area contributed by atoms with E-state index in [1.54, 1.807) is 0 Å². The van der Waals surface area contributed by atoms with Crippen LogP contribution in [0.25, 0.3) is 0 Å². The van der Waals surface area contributed by atoms with Crippen LogP contribution >= 0.6 is 0 Å². The average molecular weight is 243 g/mol. The van der Waals surface area contributed by atoms with Crippen LogP contribution < -0.4 is 14.8 Å².